The van der Waals surface area contributed by atoms with Gasteiger partial charge in [-0.05, 0) is 32.4 Å². The van der Waals surface area contributed by atoms with Crippen molar-refractivity contribution >= 4 is 24.1 Å². The Morgan fingerprint density at radius 2 is 1.85 bits per heavy atom. The number of Topliss-reactive ketones (excluding diaryl/α,β-unsaturated/α-hetero) is 1. The molecule has 3 N–H and O–H groups in total. The number of halogens is 1. The molecule has 1 amide bonds. The van der Waals surface area contributed by atoms with Crippen LogP contribution < -0.4 is 10.6 Å². The molecule has 1 heterocycles. The van der Waals surface area contributed by atoms with Gasteiger partial charge in [-0.25, -0.2) is 0 Å². The standard InChI is InChI=1S/C14H23N3O2.ClH/c1-5-11-12(10(4)18)9(3)17-13(11)14(19)16-8-7-15-6-2;/h15,17H,5-8H2,1-4H3,(H,16,19);1H. The summed E-state index contributed by atoms with van der Waals surface area (Å²) in [6.07, 6.45) is 0.662. The molecule has 0 spiro atoms. The lowest BCUT2D eigenvalue weighted by molar-refractivity contribution is 0.0948. The summed E-state index contributed by atoms with van der Waals surface area (Å²) in [6.45, 7) is 9.51. The van der Waals surface area contributed by atoms with Gasteiger partial charge >= 0.3 is 0 Å². The van der Waals surface area contributed by atoms with Crippen LogP contribution in [0.25, 0.3) is 0 Å². The van der Waals surface area contributed by atoms with Gasteiger partial charge in [0.1, 0.15) is 5.69 Å². The maximum atomic E-state index is 12.1. The van der Waals surface area contributed by atoms with Crippen molar-refractivity contribution in [3.05, 3.63) is 22.5 Å². The summed E-state index contributed by atoms with van der Waals surface area (Å²) in [5, 5.41) is 5.98. The summed E-state index contributed by atoms with van der Waals surface area (Å²) < 4.78 is 0. The molecule has 0 fully saturated rings. The van der Waals surface area contributed by atoms with Gasteiger partial charge in [0.2, 0.25) is 0 Å². The number of hydrogen-bond donors (Lipinski definition) is 3. The van der Waals surface area contributed by atoms with Crippen LogP contribution in [-0.4, -0.2) is 36.3 Å². The Kier molecular flexibility index (Phi) is 8.18. The second-order valence-corrected chi connectivity index (χ2v) is 4.50. The highest BCUT2D eigenvalue weighted by molar-refractivity contribution is 6.02. The molecule has 0 aliphatic rings. The van der Waals surface area contributed by atoms with Gasteiger partial charge in [-0.3, -0.25) is 9.59 Å². The van der Waals surface area contributed by atoms with E-state index in [-0.39, 0.29) is 24.1 Å². The molecule has 0 saturated carbocycles. The van der Waals surface area contributed by atoms with Crippen LogP contribution in [0.3, 0.4) is 0 Å². The first-order valence-corrected chi connectivity index (χ1v) is 6.74. The summed E-state index contributed by atoms with van der Waals surface area (Å²) in [4.78, 5) is 26.7. The number of likely N-dealkylation sites (N-methyl/N-ethyl adjacent to an activating group) is 1. The summed E-state index contributed by atoms with van der Waals surface area (Å²) in [5.74, 6) is -0.150. The van der Waals surface area contributed by atoms with E-state index in [1.165, 1.54) is 6.92 Å². The fourth-order valence-electron chi connectivity index (χ4n) is 2.23. The van der Waals surface area contributed by atoms with Crippen molar-refractivity contribution in [2.75, 3.05) is 19.6 Å². The van der Waals surface area contributed by atoms with Gasteiger partial charge in [-0.2, -0.15) is 0 Å². The third-order valence-electron chi connectivity index (χ3n) is 3.06. The number of hydrogen-bond acceptors (Lipinski definition) is 3. The van der Waals surface area contributed by atoms with Crippen molar-refractivity contribution in [1.29, 1.82) is 0 Å². The highest BCUT2D eigenvalue weighted by atomic mass is 35.5. The Morgan fingerprint density at radius 1 is 1.20 bits per heavy atom. The van der Waals surface area contributed by atoms with Crippen LogP contribution in [0, 0.1) is 6.92 Å². The van der Waals surface area contributed by atoms with Crippen molar-refractivity contribution in [3.8, 4) is 0 Å². The van der Waals surface area contributed by atoms with E-state index in [4.69, 9.17) is 0 Å². The molecule has 5 nitrogen and oxygen atoms in total. The van der Waals surface area contributed by atoms with Crippen molar-refractivity contribution in [3.63, 3.8) is 0 Å². The number of ketones is 1. The minimum atomic E-state index is -0.148. The molecule has 0 atom stereocenters. The molecule has 1 aromatic heterocycles. The van der Waals surface area contributed by atoms with E-state index >= 15 is 0 Å². The topological polar surface area (TPSA) is 74.0 Å². The zero-order valence-corrected chi connectivity index (χ0v) is 13.4. The summed E-state index contributed by atoms with van der Waals surface area (Å²) in [5.41, 5.74) is 2.74. The number of carbonyl (C=O) groups is 2. The molecule has 20 heavy (non-hydrogen) atoms. The Hall–Kier alpha value is -1.33. The molecule has 0 saturated heterocycles. The zero-order valence-electron chi connectivity index (χ0n) is 12.6. The van der Waals surface area contributed by atoms with Gasteiger partial charge in [-0.1, -0.05) is 13.8 Å². The number of carbonyl (C=O) groups excluding carboxylic acids is 2. The number of aryl methyl sites for hydroxylation is 1. The lowest BCUT2D eigenvalue weighted by atomic mass is 10.0. The normalized spacial score (nSPS) is 10.0. The van der Waals surface area contributed by atoms with Gasteiger partial charge in [0.05, 0.1) is 0 Å². The number of aromatic amines is 1. The quantitative estimate of drug-likeness (QED) is 0.531. The van der Waals surface area contributed by atoms with E-state index in [0.717, 1.165) is 24.3 Å². The van der Waals surface area contributed by atoms with Crippen LogP contribution in [0.2, 0.25) is 0 Å². The predicted molar refractivity (Wildman–Crippen MR) is 83.0 cm³/mol. The van der Waals surface area contributed by atoms with Crippen LogP contribution in [0.4, 0.5) is 0 Å². The predicted octanol–water partition coefficient (Wildman–Crippen LogP) is 1.85. The SMILES string of the molecule is CCNCCNC(=O)c1[nH]c(C)c(C(C)=O)c1CC.Cl. The highest BCUT2D eigenvalue weighted by Crippen LogP contribution is 2.20. The minimum absolute atomic E-state index is 0. The third-order valence-corrected chi connectivity index (χ3v) is 3.06. The maximum Gasteiger partial charge on any atom is 0.268 e. The van der Waals surface area contributed by atoms with E-state index in [9.17, 15) is 9.59 Å². The largest absolute Gasteiger partial charge is 0.354 e. The molecule has 1 aromatic rings. The lowest BCUT2D eigenvalue weighted by Crippen LogP contribution is -2.32. The van der Waals surface area contributed by atoms with Gasteiger partial charge < -0.3 is 15.6 Å². The van der Waals surface area contributed by atoms with Gasteiger partial charge in [0, 0.05) is 24.3 Å². The zero-order chi connectivity index (χ0) is 14.4. The summed E-state index contributed by atoms with van der Waals surface area (Å²) in [7, 11) is 0. The van der Waals surface area contributed by atoms with Crippen molar-refractivity contribution in [2.24, 2.45) is 0 Å². The summed E-state index contributed by atoms with van der Waals surface area (Å²) >= 11 is 0. The van der Waals surface area contributed by atoms with Gasteiger partial charge in [0.15, 0.2) is 5.78 Å². The number of aromatic nitrogens is 1. The van der Waals surface area contributed by atoms with Crippen molar-refractivity contribution in [2.45, 2.75) is 34.1 Å². The molecule has 0 radical (unpaired) electrons. The fraction of sp³-hybridized carbons (Fsp3) is 0.571. The maximum absolute atomic E-state index is 12.1. The lowest BCUT2D eigenvalue weighted by Gasteiger charge is -2.06. The van der Waals surface area contributed by atoms with E-state index in [1.807, 2.05) is 20.8 Å². The molecule has 0 aromatic carbocycles. The highest BCUT2D eigenvalue weighted by Gasteiger charge is 2.21. The Bertz CT molecular complexity index is 469. The number of rotatable bonds is 7. The average Bonchev–Trinajstić information content (AvgIpc) is 2.71. The van der Waals surface area contributed by atoms with E-state index in [0.29, 0.717) is 24.2 Å². The molecule has 0 bridgehead atoms. The second-order valence-electron chi connectivity index (χ2n) is 4.50. The number of amides is 1. The molecule has 0 aliphatic carbocycles. The average molecular weight is 302 g/mol. The van der Waals surface area contributed by atoms with Crippen LogP contribution in [0.1, 0.15) is 52.9 Å². The van der Waals surface area contributed by atoms with Crippen LogP contribution in [0.15, 0.2) is 0 Å². The van der Waals surface area contributed by atoms with Crippen LogP contribution in [0.5, 0.6) is 0 Å². The molecule has 0 unspecified atom stereocenters. The van der Waals surface area contributed by atoms with Crippen LogP contribution in [-0.2, 0) is 6.42 Å². The summed E-state index contributed by atoms with van der Waals surface area (Å²) in [6, 6.07) is 0. The number of nitrogens with one attached hydrogen (secondary N) is 3. The minimum Gasteiger partial charge on any atom is -0.354 e. The number of H-pyrrole nitrogens is 1. The fourth-order valence-corrected chi connectivity index (χ4v) is 2.23. The third kappa shape index (κ3) is 4.35. The van der Waals surface area contributed by atoms with E-state index in [2.05, 4.69) is 15.6 Å². The first-order valence-electron chi connectivity index (χ1n) is 6.74. The van der Waals surface area contributed by atoms with Crippen molar-refractivity contribution < 1.29 is 9.59 Å². The van der Waals surface area contributed by atoms with E-state index in [1.54, 1.807) is 0 Å². The Balaban J connectivity index is 0.00000361. The Morgan fingerprint density at radius 3 is 2.35 bits per heavy atom. The van der Waals surface area contributed by atoms with Crippen LogP contribution >= 0.6 is 12.4 Å². The van der Waals surface area contributed by atoms with Crippen molar-refractivity contribution in [1.82, 2.24) is 15.6 Å². The molecule has 1 rings (SSSR count). The second kappa shape index (κ2) is 8.76. The van der Waals surface area contributed by atoms with E-state index < -0.39 is 0 Å². The first-order chi connectivity index (χ1) is 9.02. The first kappa shape index (κ1) is 18.7. The smallest absolute Gasteiger partial charge is 0.268 e. The molecular formula is C14H24ClN3O2. The monoisotopic (exact) mass is 301 g/mol. The molecular weight excluding hydrogens is 278 g/mol. The molecule has 6 heteroatoms. The molecule has 0 aliphatic heterocycles. The van der Waals surface area contributed by atoms with Gasteiger partial charge in [-0.15, -0.1) is 12.4 Å². The Labute approximate surface area is 126 Å². The van der Waals surface area contributed by atoms with Gasteiger partial charge in [0.25, 0.3) is 5.91 Å². The molecule has 114 valence electrons.